The van der Waals surface area contributed by atoms with Crippen molar-refractivity contribution in [3.05, 3.63) is 60.2 Å². The Morgan fingerprint density at radius 3 is 2.30 bits per heavy atom. The van der Waals surface area contributed by atoms with Gasteiger partial charge in [-0.05, 0) is 30.7 Å². The van der Waals surface area contributed by atoms with Crippen molar-refractivity contribution >= 4 is 23.2 Å². The Morgan fingerprint density at radius 1 is 1.04 bits per heavy atom. The highest BCUT2D eigenvalue weighted by Crippen LogP contribution is 2.34. The fourth-order valence-electron chi connectivity index (χ4n) is 3.00. The first-order valence-electron chi connectivity index (χ1n) is 7.87. The van der Waals surface area contributed by atoms with Gasteiger partial charge in [0.2, 0.25) is 5.91 Å². The molecule has 2 aromatic carbocycles. The van der Waals surface area contributed by atoms with Gasteiger partial charge in [0.1, 0.15) is 0 Å². The minimum Gasteiger partial charge on any atom is -0.313 e. The summed E-state index contributed by atoms with van der Waals surface area (Å²) in [6.45, 7) is 2.39. The highest BCUT2D eigenvalue weighted by molar-refractivity contribution is 6.11. The zero-order chi connectivity index (χ0) is 16.4. The second kappa shape index (κ2) is 6.24. The Labute approximate surface area is 136 Å². The van der Waals surface area contributed by atoms with E-state index in [-0.39, 0.29) is 17.7 Å². The smallest absolute Gasteiger partial charge is 0.258 e. The molecule has 0 fully saturated rings. The summed E-state index contributed by atoms with van der Waals surface area (Å²) < 4.78 is 0. The van der Waals surface area contributed by atoms with Crippen LogP contribution in [0.25, 0.3) is 0 Å². The number of fused-ring (bicyclic) bond motifs is 1. The fraction of sp³-hybridized carbons (Fsp3) is 0.263. The van der Waals surface area contributed by atoms with E-state index in [1.54, 1.807) is 16.8 Å². The van der Waals surface area contributed by atoms with Gasteiger partial charge in [-0.25, -0.2) is 0 Å². The van der Waals surface area contributed by atoms with Gasteiger partial charge in [0.05, 0.1) is 17.3 Å². The largest absolute Gasteiger partial charge is 0.313 e. The maximum absolute atomic E-state index is 13.0. The molecule has 0 aliphatic carbocycles. The average molecular weight is 308 g/mol. The van der Waals surface area contributed by atoms with Gasteiger partial charge in [0, 0.05) is 19.2 Å². The Hall–Kier alpha value is -2.62. The van der Waals surface area contributed by atoms with Gasteiger partial charge in [-0.1, -0.05) is 37.3 Å². The van der Waals surface area contributed by atoms with E-state index in [1.165, 1.54) is 0 Å². The van der Waals surface area contributed by atoms with Crippen LogP contribution in [0.2, 0.25) is 0 Å². The van der Waals surface area contributed by atoms with Gasteiger partial charge in [-0.15, -0.1) is 0 Å². The third-order valence-electron chi connectivity index (χ3n) is 4.38. The van der Waals surface area contributed by atoms with Gasteiger partial charge in [0.15, 0.2) is 0 Å². The summed E-state index contributed by atoms with van der Waals surface area (Å²) in [5.41, 5.74) is 2.19. The standard InChI is InChI=1S/C19H20N2O2/c1-3-14-13-21(19(23)15-9-5-4-6-10-15)17-12-8-7-11-16(17)20(2)18(14)22/h4-12,14H,3,13H2,1-2H3/t14-/m0/s1. The van der Waals surface area contributed by atoms with Gasteiger partial charge in [0.25, 0.3) is 5.91 Å². The third-order valence-corrected chi connectivity index (χ3v) is 4.38. The average Bonchev–Trinajstić information content (AvgIpc) is 2.71. The van der Waals surface area contributed by atoms with Crippen LogP contribution in [-0.4, -0.2) is 25.4 Å². The molecule has 1 aliphatic rings. The molecule has 0 N–H and O–H groups in total. The first-order valence-corrected chi connectivity index (χ1v) is 7.87. The molecule has 1 aliphatic heterocycles. The first-order chi connectivity index (χ1) is 11.1. The van der Waals surface area contributed by atoms with E-state index in [0.29, 0.717) is 18.5 Å². The lowest BCUT2D eigenvalue weighted by molar-refractivity contribution is -0.121. The van der Waals surface area contributed by atoms with E-state index >= 15 is 0 Å². The number of para-hydroxylation sites is 2. The van der Waals surface area contributed by atoms with Crippen LogP contribution in [0, 0.1) is 5.92 Å². The molecule has 4 heteroatoms. The normalized spacial score (nSPS) is 17.7. The molecule has 1 heterocycles. The molecular formula is C19H20N2O2. The van der Waals surface area contributed by atoms with Crippen molar-refractivity contribution in [2.24, 2.45) is 5.92 Å². The Morgan fingerprint density at radius 2 is 1.65 bits per heavy atom. The zero-order valence-electron chi connectivity index (χ0n) is 13.4. The molecule has 4 nitrogen and oxygen atoms in total. The molecule has 1 atom stereocenters. The van der Waals surface area contributed by atoms with Crippen molar-refractivity contribution in [2.75, 3.05) is 23.4 Å². The van der Waals surface area contributed by atoms with Crippen molar-refractivity contribution in [3.63, 3.8) is 0 Å². The molecule has 0 saturated carbocycles. The number of rotatable bonds is 2. The highest BCUT2D eigenvalue weighted by Gasteiger charge is 2.33. The predicted molar refractivity (Wildman–Crippen MR) is 91.8 cm³/mol. The van der Waals surface area contributed by atoms with Gasteiger partial charge in [-0.2, -0.15) is 0 Å². The molecule has 2 amide bonds. The predicted octanol–water partition coefficient (Wildman–Crippen LogP) is 3.34. The fourth-order valence-corrected chi connectivity index (χ4v) is 3.00. The van der Waals surface area contributed by atoms with E-state index in [4.69, 9.17) is 0 Å². The SMILES string of the molecule is CC[C@H]1CN(C(=O)c2ccccc2)c2ccccc2N(C)C1=O. The van der Waals surface area contributed by atoms with Crippen molar-refractivity contribution in [3.8, 4) is 0 Å². The minimum atomic E-state index is -0.194. The molecular weight excluding hydrogens is 288 g/mol. The van der Waals surface area contributed by atoms with E-state index in [9.17, 15) is 9.59 Å². The molecule has 0 bridgehead atoms. The van der Waals surface area contributed by atoms with Gasteiger partial charge < -0.3 is 9.80 Å². The summed E-state index contributed by atoms with van der Waals surface area (Å²) in [6, 6.07) is 16.8. The Bertz CT molecular complexity index is 727. The van der Waals surface area contributed by atoms with Crippen LogP contribution in [0.5, 0.6) is 0 Å². The summed E-state index contributed by atoms with van der Waals surface area (Å²) in [7, 11) is 1.78. The second-order valence-electron chi connectivity index (χ2n) is 5.77. The first kappa shape index (κ1) is 15.3. The number of carbonyl (C=O) groups is 2. The van der Waals surface area contributed by atoms with Crippen molar-refractivity contribution < 1.29 is 9.59 Å². The van der Waals surface area contributed by atoms with Crippen molar-refractivity contribution in [2.45, 2.75) is 13.3 Å². The number of hydrogen-bond donors (Lipinski definition) is 0. The maximum atomic E-state index is 13.0. The lowest BCUT2D eigenvalue weighted by Crippen LogP contribution is -2.38. The third kappa shape index (κ3) is 2.72. The molecule has 0 spiro atoms. The van der Waals surface area contributed by atoms with Crippen LogP contribution in [0.15, 0.2) is 54.6 Å². The van der Waals surface area contributed by atoms with E-state index in [2.05, 4.69) is 0 Å². The Balaban J connectivity index is 2.09. The van der Waals surface area contributed by atoms with Crippen LogP contribution < -0.4 is 9.80 Å². The summed E-state index contributed by atoms with van der Waals surface area (Å²) in [4.78, 5) is 29.0. The Kier molecular flexibility index (Phi) is 4.15. The highest BCUT2D eigenvalue weighted by atomic mass is 16.2. The second-order valence-corrected chi connectivity index (χ2v) is 5.77. The van der Waals surface area contributed by atoms with E-state index < -0.39 is 0 Å². The van der Waals surface area contributed by atoms with Crippen molar-refractivity contribution in [1.29, 1.82) is 0 Å². The molecule has 0 saturated heterocycles. The topological polar surface area (TPSA) is 40.6 Å². The van der Waals surface area contributed by atoms with Crippen LogP contribution in [0.3, 0.4) is 0 Å². The summed E-state index contributed by atoms with van der Waals surface area (Å²) in [6.07, 6.45) is 0.704. The molecule has 0 aromatic heterocycles. The number of benzene rings is 2. The molecule has 2 aromatic rings. The van der Waals surface area contributed by atoms with E-state index in [0.717, 1.165) is 11.4 Å². The van der Waals surface area contributed by atoms with E-state index in [1.807, 2.05) is 61.5 Å². The molecule has 23 heavy (non-hydrogen) atoms. The quantitative estimate of drug-likeness (QED) is 0.854. The van der Waals surface area contributed by atoms with Crippen LogP contribution in [-0.2, 0) is 4.79 Å². The summed E-state index contributed by atoms with van der Waals surface area (Å²) in [5.74, 6) is -0.206. The van der Waals surface area contributed by atoms with Gasteiger partial charge in [-0.3, -0.25) is 9.59 Å². The summed E-state index contributed by atoms with van der Waals surface area (Å²) >= 11 is 0. The van der Waals surface area contributed by atoms with Crippen LogP contribution >= 0.6 is 0 Å². The number of hydrogen-bond acceptors (Lipinski definition) is 2. The number of anilines is 2. The maximum Gasteiger partial charge on any atom is 0.258 e. The van der Waals surface area contributed by atoms with Crippen LogP contribution in [0.1, 0.15) is 23.7 Å². The zero-order valence-corrected chi connectivity index (χ0v) is 13.4. The van der Waals surface area contributed by atoms with Crippen LogP contribution in [0.4, 0.5) is 11.4 Å². The lowest BCUT2D eigenvalue weighted by Gasteiger charge is -2.24. The van der Waals surface area contributed by atoms with Crippen molar-refractivity contribution in [1.82, 2.24) is 0 Å². The lowest BCUT2D eigenvalue weighted by atomic mass is 10.0. The molecule has 0 radical (unpaired) electrons. The van der Waals surface area contributed by atoms with Gasteiger partial charge >= 0.3 is 0 Å². The number of nitrogens with zero attached hydrogens (tertiary/aromatic N) is 2. The monoisotopic (exact) mass is 308 g/mol. The number of amides is 2. The number of carbonyl (C=O) groups excluding carboxylic acids is 2. The molecule has 118 valence electrons. The minimum absolute atomic E-state index is 0.0586. The molecule has 3 rings (SSSR count). The summed E-state index contributed by atoms with van der Waals surface area (Å²) in [5, 5.41) is 0. The molecule has 0 unspecified atom stereocenters.